The number of hydrogen-bond donors (Lipinski definition) is 3. The zero-order valence-electron chi connectivity index (χ0n) is 15.3. The topological polar surface area (TPSA) is 128 Å². The number of primary amides is 1. The smallest absolute Gasteiger partial charge is 0.285 e. The van der Waals surface area contributed by atoms with Crippen LogP contribution in [0.1, 0.15) is 32.4 Å². The maximum absolute atomic E-state index is 14.1. The summed E-state index contributed by atoms with van der Waals surface area (Å²) in [6, 6.07) is 3.57. The highest BCUT2D eigenvalue weighted by atomic mass is 19.1. The number of nitrogens with zero attached hydrogens (tertiary/aromatic N) is 1. The van der Waals surface area contributed by atoms with Crippen molar-refractivity contribution in [3.05, 3.63) is 52.7 Å². The second kappa shape index (κ2) is 7.30. The third-order valence-corrected chi connectivity index (χ3v) is 4.83. The first-order chi connectivity index (χ1) is 13.9. The maximum Gasteiger partial charge on any atom is 0.285 e. The minimum absolute atomic E-state index is 0.121. The third-order valence-electron chi connectivity index (χ3n) is 4.83. The van der Waals surface area contributed by atoms with Crippen LogP contribution in [0.4, 0.5) is 14.5 Å². The number of nitrogens with one attached hydrogen (secondary N) is 1. The molecule has 0 spiro atoms. The molecule has 3 heterocycles. The summed E-state index contributed by atoms with van der Waals surface area (Å²) in [5.74, 6) is -4.30. The summed E-state index contributed by atoms with van der Waals surface area (Å²) in [6.07, 6.45) is 0. The predicted molar refractivity (Wildman–Crippen MR) is 99.3 cm³/mol. The summed E-state index contributed by atoms with van der Waals surface area (Å²) in [7, 11) is 0. The van der Waals surface area contributed by atoms with Crippen molar-refractivity contribution in [1.29, 1.82) is 0 Å². The van der Waals surface area contributed by atoms with Crippen LogP contribution in [0.3, 0.4) is 0 Å². The number of rotatable bonds is 5. The standard InChI is InChI=1S/C19H18F2N4O4/c20-10-7-11(21)17-13(15(10)22)14(18(29-17)19(23)27)16(26)12-2-1-9(28-12)8-25-5-3-24-4-6-25/h1-2,7,24H,3-6,8,22H2,(H2,23,27). The van der Waals surface area contributed by atoms with Crippen molar-refractivity contribution in [1.82, 2.24) is 10.2 Å². The number of piperazine rings is 1. The van der Waals surface area contributed by atoms with Crippen LogP contribution in [0.2, 0.25) is 0 Å². The van der Waals surface area contributed by atoms with E-state index in [1.165, 1.54) is 6.07 Å². The highest BCUT2D eigenvalue weighted by Gasteiger charge is 2.31. The van der Waals surface area contributed by atoms with Gasteiger partial charge in [-0.3, -0.25) is 14.5 Å². The van der Waals surface area contributed by atoms with Gasteiger partial charge in [0.05, 0.1) is 23.2 Å². The number of nitrogens with two attached hydrogens (primary N) is 2. The molecule has 1 amide bonds. The number of furan rings is 2. The van der Waals surface area contributed by atoms with Crippen molar-refractivity contribution in [3.63, 3.8) is 0 Å². The van der Waals surface area contributed by atoms with Crippen LogP contribution in [-0.2, 0) is 6.54 Å². The van der Waals surface area contributed by atoms with Crippen LogP contribution in [0, 0.1) is 11.6 Å². The number of fused-ring (bicyclic) bond motifs is 1. The van der Waals surface area contributed by atoms with Gasteiger partial charge in [-0.2, -0.15) is 0 Å². The molecule has 0 atom stereocenters. The Hall–Kier alpha value is -3.24. The minimum Gasteiger partial charge on any atom is -0.456 e. The second-order valence-corrected chi connectivity index (χ2v) is 6.75. The largest absolute Gasteiger partial charge is 0.456 e. The lowest BCUT2D eigenvalue weighted by atomic mass is 10.0. The molecule has 152 valence electrons. The van der Waals surface area contributed by atoms with Crippen molar-refractivity contribution in [2.45, 2.75) is 6.54 Å². The monoisotopic (exact) mass is 404 g/mol. The number of amides is 1. The molecule has 0 aliphatic carbocycles. The molecular weight excluding hydrogens is 386 g/mol. The molecule has 3 aromatic rings. The summed E-state index contributed by atoms with van der Waals surface area (Å²) >= 11 is 0. The van der Waals surface area contributed by atoms with Gasteiger partial charge >= 0.3 is 0 Å². The van der Waals surface area contributed by atoms with Crippen molar-refractivity contribution in [2.24, 2.45) is 5.73 Å². The van der Waals surface area contributed by atoms with E-state index in [0.29, 0.717) is 18.4 Å². The Morgan fingerprint density at radius 2 is 1.86 bits per heavy atom. The van der Waals surface area contributed by atoms with Crippen LogP contribution < -0.4 is 16.8 Å². The van der Waals surface area contributed by atoms with Crippen molar-refractivity contribution < 1.29 is 27.2 Å². The fourth-order valence-corrected chi connectivity index (χ4v) is 3.42. The van der Waals surface area contributed by atoms with Gasteiger partial charge in [0.15, 0.2) is 17.2 Å². The highest BCUT2D eigenvalue weighted by molar-refractivity contribution is 6.22. The van der Waals surface area contributed by atoms with Crippen LogP contribution >= 0.6 is 0 Å². The number of carbonyl (C=O) groups is 2. The SMILES string of the molecule is NC(=O)c1oc2c(F)cc(F)c(N)c2c1C(=O)c1ccc(CN2CCNCC2)o1. The van der Waals surface area contributed by atoms with E-state index in [9.17, 15) is 18.4 Å². The first kappa shape index (κ1) is 19.1. The van der Waals surface area contributed by atoms with Crippen LogP contribution in [-0.4, -0.2) is 42.8 Å². The Labute approximate surface area is 163 Å². The van der Waals surface area contributed by atoms with E-state index in [0.717, 1.165) is 26.2 Å². The van der Waals surface area contributed by atoms with E-state index < -0.39 is 45.9 Å². The summed E-state index contributed by atoms with van der Waals surface area (Å²) in [4.78, 5) is 27.0. The molecule has 1 fully saturated rings. The number of anilines is 1. The number of ketones is 1. The summed E-state index contributed by atoms with van der Waals surface area (Å²) < 4.78 is 38.8. The molecule has 2 aromatic heterocycles. The van der Waals surface area contributed by atoms with Crippen LogP contribution in [0.5, 0.6) is 0 Å². The number of hydrogen-bond acceptors (Lipinski definition) is 7. The molecule has 8 nitrogen and oxygen atoms in total. The van der Waals surface area contributed by atoms with Crippen molar-refractivity contribution in [2.75, 3.05) is 31.9 Å². The Bertz CT molecular complexity index is 1120. The maximum atomic E-state index is 14.1. The molecule has 29 heavy (non-hydrogen) atoms. The highest BCUT2D eigenvalue weighted by Crippen LogP contribution is 2.35. The average Bonchev–Trinajstić information content (AvgIpc) is 3.32. The fraction of sp³-hybridized carbons (Fsp3) is 0.263. The van der Waals surface area contributed by atoms with Gasteiger partial charge in [0.25, 0.3) is 5.91 Å². The molecule has 1 aromatic carbocycles. The number of benzene rings is 1. The normalized spacial score (nSPS) is 15.1. The lowest BCUT2D eigenvalue weighted by Gasteiger charge is -2.26. The number of nitrogen functional groups attached to an aromatic ring is 1. The molecule has 4 rings (SSSR count). The lowest BCUT2D eigenvalue weighted by molar-refractivity contribution is 0.0951. The molecule has 1 saturated heterocycles. The summed E-state index contributed by atoms with van der Waals surface area (Å²) in [6.45, 7) is 3.86. The predicted octanol–water partition coefficient (Wildman–Crippen LogP) is 1.62. The Morgan fingerprint density at radius 3 is 2.55 bits per heavy atom. The van der Waals surface area contributed by atoms with Gasteiger partial charge in [0, 0.05) is 32.2 Å². The van der Waals surface area contributed by atoms with Gasteiger partial charge in [0.2, 0.25) is 11.5 Å². The Balaban J connectivity index is 1.75. The molecule has 5 N–H and O–H groups in total. The molecule has 0 unspecified atom stereocenters. The van der Waals surface area contributed by atoms with Crippen molar-refractivity contribution in [3.8, 4) is 0 Å². The Kier molecular flexibility index (Phi) is 4.81. The minimum atomic E-state index is -1.11. The van der Waals surface area contributed by atoms with E-state index in [2.05, 4.69) is 10.2 Å². The molecule has 10 heteroatoms. The number of halogens is 2. The van der Waals surface area contributed by atoms with Crippen LogP contribution in [0.25, 0.3) is 11.0 Å². The Morgan fingerprint density at radius 1 is 1.14 bits per heavy atom. The van der Waals surface area contributed by atoms with Gasteiger partial charge in [-0.25, -0.2) is 8.78 Å². The number of carbonyl (C=O) groups excluding carboxylic acids is 2. The molecule has 0 bridgehead atoms. The quantitative estimate of drug-likeness (QED) is 0.435. The van der Waals surface area contributed by atoms with Gasteiger partial charge in [0.1, 0.15) is 11.6 Å². The van der Waals surface area contributed by atoms with Gasteiger partial charge in [-0.05, 0) is 12.1 Å². The third kappa shape index (κ3) is 3.36. The van der Waals surface area contributed by atoms with Gasteiger partial charge in [-0.15, -0.1) is 0 Å². The fourth-order valence-electron chi connectivity index (χ4n) is 3.42. The first-order valence-corrected chi connectivity index (χ1v) is 8.93. The zero-order chi connectivity index (χ0) is 20.7. The first-order valence-electron chi connectivity index (χ1n) is 8.93. The molecule has 1 aliphatic rings. The van der Waals surface area contributed by atoms with E-state index in [-0.39, 0.29) is 11.1 Å². The van der Waals surface area contributed by atoms with Crippen LogP contribution in [0.15, 0.2) is 27.0 Å². The zero-order valence-corrected chi connectivity index (χ0v) is 15.3. The average molecular weight is 404 g/mol. The summed E-state index contributed by atoms with van der Waals surface area (Å²) in [5.41, 5.74) is 9.51. The second-order valence-electron chi connectivity index (χ2n) is 6.75. The van der Waals surface area contributed by atoms with Gasteiger partial charge in [-0.1, -0.05) is 0 Å². The molecular formula is C19H18F2N4O4. The van der Waals surface area contributed by atoms with Gasteiger partial charge < -0.3 is 25.6 Å². The molecule has 0 radical (unpaired) electrons. The molecule has 0 saturated carbocycles. The van der Waals surface area contributed by atoms with E-state index in [1.54, 1.807) is 6.07 Å². The summed E-state index contributed by atoms with van der Waals surface area (Å²) in [5, 5.41) is 2.89. The van der Waals surface area contributed by atoms with E-state index in [1.807, 2.05) is 0 Å². The van der Waals surface area contributed by atoms with E-state index in [4.69, 9.17) is 20.3 Å². The lowest BCUT2D eigenvalue weighted by Crippen LogP contribution is -2.42. The van der Waals surface area contributed by atoms with E-state index >= 15 is 0 Å². The van der Waals surface area contributed by atoms with Crippen molar-refractivity contribution >= 4 is 28.3 Å². The molecule has 1 aliphatic heterocycles.